The Morgan fingerprint density at radius 3 is 2.60 bits per heavy atom. The quantitative estimate of drug-likeness (QED) is 0.851. The van der Waals surface area contributed by atoms with E-state index in [1.807, 2.05) is 13.0 Å². The van der Waals surface area contributed by atoms with Gasteiger partial charge in [0.15, 0.2) is 5.67 Å². The zero-order valence-electron chi connectivity index (χ0n) is 8.77. The lowest BCUT2D eigenvalue weighted by molar-refractivity contribution is -0.125. The average Bonchev–Trinajstić information content (AvgIpc) is 2.10. The summed E-state index contributed by atoms with van der Waals surface area (Å²) >= 11 is 2.14. The number of rotatable bonds is 2. The number of hydrogen-bond donors (Lipinski definition) is 1. The monoisotopic (exact) mass is 322 g/mol. The Morgan fingerprint density at radius 1 is 1.53 bits per heavy atom. The van der Waals surface area contributed by atoms with Crippen LogP contribution in [0.3, 0.4) is 0 Å². The van der Waals surface area contributed by atoms with Crippen molar-refractivity contribution < 1.29 is 9.18 Å². The van der Waals surface area contributed by atoms with Crippen molar-refractivity contribution in [3.63, 3.8) is 0 Å². The van der Waals surface area contributed by atoms with Crippen molar-refractivity contribution in [1.29, 1.82) is 0 Å². The maximum Gasteiger partial charge on any atom is 0.262 e. The number of hydrogen-bond acceptors (Lipinski definition) is 2. The molecule has 0 bridgehead atoms. The molecule has 1 rings (SSSR count). The van der Waals surface area contributed by atoms with Gasteiger partial charge in [0.2, 0.25) is 0 Å². The van der Waals surface area contributed by atoms with Crippen molar-refractivity contribution in [2.24, 2.45) is 0 Å². The van der Waals surface area contributed by atoms with Crippen molar-refractivity contribution in [3.8, 4) is 0 Å². The summed E-state index contributed by atoms with van der Waals surface area (Å²) in [5.74, 6) is -0.306. The molecule has 1 heterocycles. The predicted molar refractivity (Wildman–Crippen MR) is 65.5 cm³/mol. The van der Waals surface area contributed by atoms with Crippen molar-refractivity contribution in [3.05, 3.63) is 21.4 Å². The van der Waals surface area contributed by atoms with Gasteiger partial charge < -0.3 is 5.32 Å². The molecule has 0 saturated carbocycles. The summed E-state index contributed by atoms with van der Waals surface area (Å²) in [6.45, 7) is 4.25. The molecule has 0 aliphatic carbocycles. The van der Waals surface area contributed by atoms with Crippen LogP contribution in [0, 0.1) is 10.5 Å². The molecule has 0 saturated heterocycles. The van der Waals surface area contributed by atoms with Crippen LogP contribution in [-0.4, -0.2) is 16.6 Å². The first-order valence-corrected chi connectivity index (χ1v) is 5.52. The first kappa shape index (κ1) is 12.4. The number of aryl methyl sites for hydroxylation is 1. The standard InChI is InChI=1S/C10H12FIN2O/c1-6-7(12)4-5-8(13-6)14-9(15)10(2,3)11/h4-5H,1-3H3,(H,13,14,15). The molecule has 5 heteroatoms. The molecule has 0 spiro atoms. The number of nitrogens with zero attached hydrogens (tertiary/aromatic N) is 1. The first-order chi connectivity index (χ1) is 6.80. The Morgan fingerprint density at radius 2 is 2.13 bits per heavy atom. The fourth-order valence-corrected chi connectivity index (χ4v) is 1.18. The van der Waals surface area contributed by atoms with E-state index in [4.69, 9.17) is 0 Å². The number of carbonyl (C=O) groups excluding carboxylic acids is 1. The van der Waals surface area contributed by atoms with Crippen molar-refractivity contribution in [2.45, 2.75) is 26.4 Å². The Balaban J connectivity index is 2.83. The summed E-state index contributed by atoms with van der Waals surface area (Å²) in [6.07, 6.45) is 0. The predicted octanol–water partition coefficient (Wildman–Crippen LogP) is 2.68. The molecule has 0 aromatic carbocycles. The van der Waals surface area contributed by atoms with Crippen LogP contribution in [-0.2, 0) is 4.79 Å². The molecule has 0 atom stereocenters. The fourth-order valence-electron chi connectivity index (χ4n) is 0.879. The molecule has 1 amide bonds. The third-order valence-electron chi connectivity index (χ3n) is 1.80. The number of amides is 1. The molecule has 1 aromatic rings. The van der Waals surface area contributed by atoms with Gasteiger partial charge in [-0.2, -0.15) is 0 Å². The topological polar surface area (TPSA) is 42.0 Å². The van der Waals surface area contributed by atoms with Crippen LogP contribution in [0.25, 0.3) is 0 Å². The van der Waals surface area contributed by atoms with Crippen LogP contribution < -0.4 is 5.32 Å². The number of alkyl halides is 1. The molecule has 0 aliphatic heterocycles. The Bertz CT molecular complexity index is 387. The smallest absolute Gasteiger partial charge is 0.262 e. The zero-order valence-corrected chi connectivity index (χ0v) is 10.9. The van der Waals surface area contributed by atoms with E-state index in [0.717, 1.165) is 9.26 Å². The van der Waals surface area contributed by atoms with Crippen LogP contribution in [0.4, 0.5) is 10.2 Å². The number of aromatic nitrogens is 1. The lowest BCUT2D eigenvalue weighted by Crippen LogP contribution is -2.32. The fraction of sp³-hybridized carbons (Fsp3) is 0.400. The number of pyridine rings is 1. The Hall–Kier alpha value is -0.720. The summed E-state index contributed by atoms with van der Waals surface area (Å²) in [4.78, 5) is 15.4. The second-order valence-electron chi connectivity index (χ2n) is 3.69. The Labute approximate surface area is 102 Å². The molecule has 82 valence electrons. The highest BCUT2D eigenvalue weighted by molar-refractivity contribution is 14.1. The van der Waals surface area contributed by atoms with Gasteiger partial charge in [0.05, 0.1) is 5.69 Å². The van der Waals surface area contributed by atoms with Crippen molar-refractivity contribution in [2.75, 3.05) is 5.32 Å². The molecule has 0 unspecified atom stereocenters. The number of carbonyl (C=O) groups is 1. The first-order valence-electron chi connectivity index (χ1n) is 4.44. The molecular weight excluding hydrogens is 310 g/mol. The van der Waals surface area contributed by atoms with Gasteiger partial charge in [0, 0.05) is 3.57 Å². The van der Waals surface area contributed by atoms with Crippen LogP contribution in [0.1, 0.15) is 19.5 Å². The normalized spacial score (nSPS) is 11.3. The Kier molecular flexibility index (Phi) is 3.64. The SMILES string of the molecule is Cc1nc(NC(=O)C(C)(C)F)ccc1I. The van der Waals surface area contributed by atoms with E-state index in [2.05, 4.69) is 32.9 Å². The summed E-state index contributed by atoms with van der Waals surface area (Å²) in [7, 11) is 0. The van der Waals surface area contributed by atoms with Gasteiger partial charge in [-0.3, -0.25) is 4.79 Å². The van der Waals surface area contributed by atoms with Crippen LogP contribution in [0.15, 0.2) is 12.1 Å². The van der Waals surface area contributed by atoms with E-state index in [1.54, 1.807) is 6.07 Å². The second kappa shape index (κ2) is 4.42. The van der Waals surface area contributed by atoms with Crippen molar-refractivity contribution in [1.82, 2.24) is 4.98 Å². The highest BCUT2D eigenvalue weighted by Gasteiger charge is 2.26. The molecule has 0 radical (unpaired) electrons. The van der Waals surface area contributed by atoms with Gasteiger partial charge in [-0.1, -0.05) is 0 Å². The summed E-state index contributed by atoms with van der Waals surface area (Å²) < 4.78 is 14.2. The van der Waals surface area contributed by atoms with E-state index in [1.165, 1.54) is 13.8 Å². The highest BCUT2D eigenvalue weighted by atomic mass is 127. The molecule has 0 aliphatic rings. The molecule has 1 N–H and O–H groups in total. The van der Waals surface area contributed by atoms with E-state index >= 15 is 0 Å². The van der Waals surface area contributed by atoms with Gasteiger partial charge in [0.1, 0.15) is 5.82 Å². The largest absolute Gasteiger partial charge is 0.308 e. The molecule has 15 heavy (non-hydrogen) atoms. The number of halogens is 2. The number of anilines is 1. The van der Waals surface area contributed by atoms with Crippen LogP contribution in [0.5, 0.6) is 0 Å². The minimum Gasteiger partial charge on any atom is -0.308 e. The second-order valence-corrected chi connectivity index (χ2v) is 4.85. The van der Waals surface area contributed by atoms with Crippen LogP contribution >= 0.6 is 22.6 Å². The molecule has 0 fully saturated rings. The lowest BCUT2D eigenvalue weighted by Gasteiger charge is -2.13. The third kappa shape index (κ3) is 3.40. The van der Waals surface area contributed by atoms with Crippen LogP contribution in [0.2, 0.25) is 0 Å². The van der Waals surface area contributed by atoms with Gasteiger partial charge in [-0.15, -0.1) is 0 Å². The van der Waals surface area contributed by atoms with E-state index < -0.39 is 11.6 Å². The number of nitrogens with one attached hydrogen (secondary N) is 1. The van der Waals surface area contributed by atoms with E-state index in [-0.39, 0.29) is 0 Å². The molecule has 1 aromatic heterocycles. The lowest BCUT2D eigenvalue weighted by atomic mass is 10.1. The minimum absolute atomic E-state index is 0.378. The van der Waals surface area contributed by atoms with Gasteiger partial charge in [-0.25, -0.2) is 9.37 Å². The summed E-state index contributed by atoms with van der Waals surface area (Å²) in [6, 6.07) is 3.47. The summed E-state index contributed by atoms with van der Waals surface area (Å²) in [5, 5.41) is 2.42. The van der Waals surface area contributed by atoms with E-state index in [9.17, 15) is 9.18 Å². The maximum absolute atomic E-state index is 13.2. The molecular formula is C10H12FIN2O. The van der Waals surface area contributed by atoms with E-state index in [0.29, 0.717) is 5.82 Å². The zero-order chi connectivity index (χ0) is 11.6. The van der Waals surface area contributed by atoms with Gasteiger partial charge in [-0.05, 0) is 55.5 Å². The highest BCUT2D eigenvalue weighted by Crippen LogP contribution is 2.15. The maximum atomic E-state index is 13.2. The molecule has 3 nitrogen and oxygen atoms in total. The average molecular weight is 322 g/mol. The van der Waals surface area contributed by atoms with Crippen molar-refractivity contribution >= 4 is 34.3 Å². The minimum atomic E-state index is -1.89. The third-order valence-corrected chi connectivity index (χ3v) is 2.94. The summed E-state index contributed by atoms with van der Waals surface area (Å²) in [5.41, 5.74) is -1.08. The van der Waals surface area contributed by atoms with Gasteiger partial charge in [0.25, 0.3) is 5.91 Å². The van der Waals surface area contributed by atoms with Gasteiger partial charge >= 0.3 is 0 Å².